The maximum atomic E-state index is 12.6. The van der Waals surface area contributed by atoms with Crippen LogP contribution in [0.5, 0.6) is 0 Å². The molecule has 0 spiro atoms. The number of hydrogen-bond donors (Lipinski definition) is 0. The fraction of sp³-hybridized carbons (Fsp3) is 0.417. The summed E-state index contributed by atoms with van der Waals surface area (Å²) in [5.74, 6) is -0.479. The molecule has 1 aromatic carbocycles. The Morgan fingerprint density at radius 3 is 2.62 bits per heavy atom. The van der Waals surface area contributed by atoms with Gasteiger partial charge in [-0.1, -0.05) is 12.1 Å². The average Bonchev–Trinajstić information content (AvgIpc) is 2.80. The molecule has 1 aliphatic rings. The molecule has 116 valence electrons. The van der Waals surface area contributed by atoms with Crippen molar-refractivity contribution in [3.8, 4) is 0 Å². The Hall–Kier alpha value is -1.77. The first-order chi connectivity index (χ1) is 9.66. The molecule has 0 saturated carbocycles. The third kappa shape index (κ3) is 2.82. The SMILES string of the molecule is COC(=O)Cc1ccc2c(c1)CCN2S(=O)(=O)C(F)(F)F. The third-order valence-corrected chi connectivity index (χ3v) is 4.70. The number of sulfonamides is 1. The lowest BCUT2D eigenvalue weighted by Crippen LogP contribution is -2.39. The Morgan fingerprint density at radius 2 is 2.05 bits per heavy atom. The molecule has 1 aromatic rings. The van der Waals surface area contributed by atoms with Crippen molar-refractivity contribution in [2.45, 2.75) is 18.3 Å². The summed E-state index contributed by atoms with van der Waals surface area (Å²) in [5, 5.41) is 0. The first kappa shape index (κ1) is 15.6. The van der Waals surface area contributed by atoms with E-state index >= 15 is 0 Å². The van der Waals surface area contributed by atoms with Gasteiger partial charge in [-0.2, -0.15) is 21.6 Å². The zero-order chi connectivity index (χ0) is 15.8. The summed E-state index contributed by atoms with van der Waals surface area (Å²) < 4.78 is 65.5. The third-order valence-electron chi connectivity index (χ3n) is 3.16. The number of halogens is 3. The smallest absolute Gasteiger partial charge is 0.469 e. The van der Waals surface area contributed by atoms with Gasteiger partial charge in [0.05, 0.1) is 19.2 Å². The number of alkyl halides is 3. The van der Waals surface area contributed by atoms with E-state index in [4.69, 9.17) is 0 Å². The number of benzene rings is 1. The number of fused-ring (bicyclic) bond motifs is 1. The van der Waals surface area contributed by atoms with Crippen LogP contribution < -0.4 is 4.31 Å². The van der Waals surface area contributed by atoms with Crippen molar-refractivity contribution < 1.29 is 31.1 Å². The quantitative estimate of drug-likeness (QED) is 0.793. The number of nitrogens with zero attached hydrogens (tertiary/aromatic N) is 1. The molecule has 21 heavy (non-hydrogen) atoms. The van der Waals surface area contributed by atoms with E-state index in [0.29, 0.717) is 15.4 Å². The number of ether oxygens (including phenoxy) is 1. The highest BCUT2D eigenvalue weighted by molar-refractivity contribution is 7.93. The van der Waals surface area contributed by atoms with E-state index in [-0.39, 0.29) is 25.1 Å². The van der Waals surface area contributed by atoms with Gasteiger partial charge in [0.25, 0.3) is 0 Å². The molecule has 0 unspecified atom stereocenters. The Labute approximate surface area is 119 Å². The molecular weight excluding hydrogens is 311 g/mol. The lowest BCUT2D eigenvalue weighted by atomic mass is 10.1. The van der Waals surface area contributed by atoms with Gasteiger partial charge in [0.15, 0.2) is 0 Å². The number of rotatable bonds is 3. The molecule has 0 atom stereocenters. The molecule has 2 rings (SSSR count). The largest absolute Gasteiger partial charge is 0.516 e. The van der Waals surface area contributed by atoms with Crippen LogP contribution in [0.2, 0.25) is 0 Å². The van der Waals surface area contributed by atoms with Crippen molar-refractivity contribution in [3.63, 3.8) is 0 Å². The van der Waals surface area contributed by atoms with Gasteiger partial charge in [-0.05, 0) is 23.6 Å². The second-order valence-corrected chi connectivity index (χ2v) is 6.34. The van der Waals surface area contributed by atoms with Gasteiger partial charge in [0, 0.05) is 6.54 Å². The van der Waals surface area contributed by atoms with E-state index in [1.807, 2.05) is 0 Å². The van der Waals surface area contributed by atoms with Gasteiger partial charge in [-0.15, -0.1) is 0 Å². The van der Waals surface area contributed by atoms with Gasteiger partial charge >= 0.3 is 21.5 Å². The van der Waals surface area contributed by atoms with Crippen molar-refractivity contribution in [3.05, 3.63) is 29.3 Å². The van der Waals surface area contributed by atoms with E-state index in [1.165, 1.54) is 25.3 Å². The molecule has 1 aliphatic heterocycles. The second kappa shape index (κ2) is 5.21. The van der Waals surface area contributed by atoms with Gasteiger partial charge in [0.1, 0.15) is 0 Å². The predicted octanol–water partition coefficient (Wildman–Crippen LogP) is 1.61. The Morgan fingerprint density at radius 1 is 1.38 bits per heavy atom. The average molecular weight is 323 g/mol. The molecule has 0 N–H and O–H groups in total. The molecule has 0 fully saturated rings. The van der Waals surface area contributed by atoms with E-state index in [0.717, 1.165) is 0 Å². The van der Waals surface area contributed by atoms with Crippen LogP contribution in [0.3, 0.4) is 0 Å². The highest BCUT2D eigenvalue weighted by Gasteiger charge is 2.51. The minimum absolute atomic E-state index is 0.000871. The fourth-order valence-corrected chi connectivity index (χ4v) is 3.17. The summed E-state index contributed by atoms with van der Waals surface area (Å²) >= 11 is 0. The molecular formula is C12H12F3NO4S. The Balaban J connectivity index is 2.33. The van der Waals surface area contributed by atoms with Crippen molar-refractivity contribution >= 4 is 21.7 Å². The van der Waals surface area contributed by atoms with Crippen LogP contribution in [0.4, 0.5) is 18.9 Å². The van der Waals surface area contributed by atoms with Gasteiger partial charge in [-0.25, -0.2) is 0 Å². The van der Waals surface area contributed by atoms with Crippen molar-refractivity contribution in [1.29, 1.82) is 0 Å². The molecule has 0 aromatic heterocycles. The van der Waals surface area contributed by atoms with E-state index in [9.17, 15) is 26.4 Å². The van der Waals surface area contributed by atoms with Gasteiger partial charge < -0.3 is 4.74 Å². The highest BCUT2D eigenvalue weighted by atomic mass is 32.2. The number of anilines is 1. The first-order valence-corrected chi connectivity index (χ1v) is 7.38. The summed E-state index contributed by atoms with van der Waals surface area (Å²) in [6.07, 6.45) is 0.148. The lowest BCUT2D eigenvalue weighted by molar-refractivity contribution is -0.139. The molecule has 0 amide bonds. The zero-order valence-corrected chi connectivity index (χ0v) is 11.8. The topological polar surface area (TPSA) is 63.7 Å². The molecule has 0 radical (unpaired) electrons. The number of methoxy groups -OCH3 is 1. The van der Waals surface area contributed by atoms with Gasteiger partial charge in [0.2, 0.25) is 0 Å². The molecule has 0 bridgehead atoms. The molecule has 9 heteroatoms. The minimum atomic E-state index is -5.39. The molecule has 0 saturated heterocycles. The summed E-state index contributed by atoms with van der Waals surface area (Å²) in [6.45, 7) is -0.265. The Bertz CT molecular complexity index is 670. The maximum absolute atomic E-state index is 12.6. The molecule has 1 heterocycles. The van der Waals surface area contributed by atoms with E-state index in [2.05, 4.69) is 4.74 Å². The van der Waals surface area contributed by atoms with Crippen LogP contribution in [0, 0.1) is 0 Å². The van der Waals surface area contributed by atoms with Crippen molar-refractivity contribution in [1.82, 2.24) is 0 Å². The van der Waals surface area contributed by atoms with Crippen LogP contribution >= 0.6 is 0 Å². The monoisotopic (exact) mass is 323 g/mol. The van der Waals surface area contributed by atoms with Crippen LogP contribution in [-0.4, -0.2) is 33.5 Å². The van der Waals surface area contributed by atoms with Crippen LogP contribution in [0.25, 0.3) is 0 Å². The van der Waals surface area contributed by atoms with E-state index in [1.54, 1.807) is 0 Å². The predicted molar refractivity (Wildman–Crippen MR) is 68.2 cm³/mol. The second-order valence-electron chi connectivity index (χ2n) is 4.49. The van der Waals surface area contributed by atoms with Crippen molar-refractivity contribution in [2.24, 2.45) is 0 Å². The number of carbonyl (C=O) groups excluding carboxylic acids is 1. The standard InChI is InChI=1S/C12H12F3NO4S/c1-20-11(17)7-8-2-3-10-9(6-8)4-5-16(10)21(18,19)12(13,14)15/h2-3,6H,4-5,7H2,1H3. The fourth-order valence-electron chi connectivity index (χ4n) is 2.15. The van der Waals surface area contributed by atoms with E-state index < -0.39 is 21.5 Å². The lowest BCUT2D eigenvalue weighted by Gasteiger charge is -2.20. The maximum Gasteiger partial charge on any atom is 0.516 e. The molecule has 0 aliphatic carbocycles. The minimum Gasteiger partial charge on any atom is -0.469 e. The summed E-state index contributed by atoms with van der Waals surface area (Å²) in [4.78, 5) is 11.2. The summed E-state index contributed by atoms with van der Waals surface area (Å²) in [5.41, 5.74) is -4.31. The van der Waals surface area contributed by atoms with Crippen molar-refractivity contribution in [2.75, 3.05) is 18.0 Å². The number of carbonyl (C=O) groups is 1. The first-order valence-electron chi connectivity index (χ1n) is 5.94. The number of esters is 1. The normalized spacial score (nSPS) is 15.0. The van der Waals surface area contributed by atoms with Crippen LogP contribution in [-0.2, 0) is 32.4 Å². The number of hydrogen-bond acceptors (Lipinski definition) is 4. The summed E-state index contributed by atoms with van der Waals surface area (Å²) in [6, 6.07) is 4.22. The van der Waals surface area contributed by atoms with Gasteiger partial charge in [-0.3, -0.25) is 9.10 Å². The Kier molecular flexibility index (Phi) is 3.87. The van der Waals surface area contributed by atoms with Crippen LogP contribution in [0.15, 0.2) is 18.2 Å². The van der Waals surface area contributed by atoms with Crippen LogP contribution in [0.1, 0.15) is 11.1 Å². The highest BCUT2D eigenvalue weighted by Crippen LogP contribution is 2.37. The molecule has 5 nitrogen and oxygen atoms in total. The zero-order valence-electron chi connectivity index (χ0n) is 11.0. The summed E-state index contributed by atoms with van der Waals surface area (Å²) in [7, 11) is -4.16.